The van der Waals surface area contributed by atoms with Crippen molar-refractivity contribution in [3.05, 3.63) is 28.2 Å². The van der Waals surface area contributed by atoms with Gasteiger partial charge in [0, 0.05) is 9.37 Å². The van der Waals surface area contributed by atoms with Crippen molar-refractivity contribution in [3.8, 4) is 0 Å². The van der Waals surface area contributed by atoms with Crippen molar-refractivity contribution >= 4 is 33.7 Å². The molecule has 1 N–H and O–H groups in total. The molecular formula is C9H9BrO2S. The Kier molecular flexibility index (Phi) is 3.81. The quantitative estimate of drug-likeness (QED) is 0.848. The van der Waals surface area contributed by atoms with Gasteiger partial charge in [0.1, 0.15) is 0 Å². The predicted octanol–water partition coefficient (Wildman–Crippen LogP) is 3.26. The molecule has 0 aliphatic heterocycles. The lowest BCUT2D eigenvalue weighted by atomic mass is 10.2. The normalized spacial score (nSPS) is 10.0. The van der Waals surface area contributed by atoms with Crippen LogP contribution in [0.4, 0.5) is 0 Å². The van der Waals surface area contributed by atoms with Crippen molar-refractivity contribution in [1.82, 2.24) is 0 Å². The minimum atomic E-state index is -0.895. The molecule has 0 bridgehead atoms. The predicted molar refractivity (Wildman–Crippen MR) is 57.5 cm³/mol. The maximum atomic E-state index is 10.6. The Bertz CT molecular complexity index is 325. The summed E-state index contributed by atoms with van der Waals surface area (Å²) in [7, 11) is 0. The average Bonchev–Trinajstić information content (AvgIpc) is 2.08. The van der Waals surface area contributed by atoms with E-state index >= 15 is 0 Å². The zero-order valence-corrected chi connectivity index (χ0v) is 9.48. The number of carbonyl (C=O) groups is 1. The Morgan fingerprint density at radius 3 is 2.77 bits per heavy atom. The lowest BCUT2D eigenvalue weighted by Crippen LogP contribution is -1.95. The SMILES string of the molecule is CCSc1ccc(C(=O)O)cc1Br. The summed E-state index contributed by atoms with van der Waals surface area (Å²) in [5, 5.41) is 8.70. The van der Waals surface area contributed by atoms with E-state index in [-0.39, 0.29) is 0 Å². The number of hydrogen-bond donors (Lipinski definition) is 1. The highest BCUT2D eigenvalue weighted by molar-refractivity contribution is 9.10. The first-order valence-electron chi connectivity index (χ1n) is 3.80. The minimum absolute atomic E-state index is 0.312. The zero-order chi connectivity index (χ0) is 9.84. The molecule has 0 aliphatic rings. The van der Waals surface area contributed by atoms with E-state index in [4.69, 9.17) is 5.11 Å². The summed E-state index contributed by atoms with van der Waals surface area (Å²) in [4.78, 5) is 11.7. The van der Waals surface area contributed by atoms with Crippen molar-refractivity contribution in [1.29, 1.82) is 0 Å². The van der Waals surface area contributed by atoms with E-state index in [0.29, 0.717) is 5.56 Å². The van der Waals surface area contributed by atoms with Crippen LogP contribution in [-0.2, 0) is 0 Å². The van der Waals surface area contributed by atoms with Crippen LogP contribution in [0, 0.1) is 0 Å². The fraction of sp³-hybridized carbons (Fsp3) is 0.222. The third kappa shape index (κ3) is 2.74. The fourth-order valence-electron chi connectivity index (χ4n) is 0.906. The topological polar surface area (TPSA) is 37.3 Å². The van der Waals surface area contributed by atoms with Gasteiger partial charge in [-0.2, -0.15) is 0 Å². The van der Waals surface area contributed by atoms with Gasteiger partial charge >= 0.3 is 5.97 Å². The lowest BCUT2D eigenvalue weighted by Gasteiger charge is -2.02. The second-order valence-corrected chi connectivity index (χ2v) is 4.54. The van der Waals surface area contributed by atoms with E-state index in [0.717, 1.165) is 15.1 Å². The number of hydrogen-bond acceptors (Lipinski definition) is 2. The summed E-state index contributed by atoms with van der Waals surface area (Å²) in [5.41, 5.74) is 0.312. The van der Waals surface area contributed by atoms with Gasteiger partial charge in [-0.05, 0) is 39.9 Å². The summed E-state index contributed by atoms with van der Waals surface area (Å²) in [5.74, 6) is 0.0825. The van der Waals surface area contributed by atoms with Crippen molar-refractivity contribution < 1.29 is 9.90 Å². The highest BCUT2D eigenvalue weighted by atomic mass is 79.9. The summed E-state index contributed by atoms with van der Waals surface area (Å²) in [6.45, 7) is 2.06. The largest absolute Gasteiger partial charge is 0.478 e. The Hall–Kier alpha value is -0.480. The van der Waals surface area contributed by atoms with Crippen LogP contribution >= 0.6 is 27.7 Å². The first-order valence-corrected chi connectivity index (χ1v) is 5.58. The van der Waals surface area contributed by atoms with Gasteiger partial charge in [-0.1, -0.05) is 6.92 Å². The molecule has 70 valence electrons. The molecule has 0 amide bonds. The van der Waals surface area contributed by atoms with Crippen LogP contribution in [0.1, 0.15) is 17.3 Å². The second-order valence-electron chi connectivity index (χ2n) is 2.38. The number of carboxylic acids is 1. The third-order valence-corrected chi connectivity index (χ3v) is 3.35. The van der Waals surface area contributed by atoms with Crippen LogP contribution in [0.2, 0.25) is 0 Å². The summed E-state index contributed by atoms with van der Waals surface area (Å²) in [6, 6.07) is 5.06. The molecule has 0 saturated carbocycles. The molecule has 1 aromatic carbocycles. The zero-order valence-electron chi connectivity index (χ0n) is 7.08. The molecule has 0 fully saturated rings. The van der Waals surface area contributed by atoms with Gasteiger partial charge in [0.05, 0.1) is 5.56 Å². The van der Waals surface area contributed by atoms with Crippen LogP contribution in [0.25, 0.3) is 0 Å². The average molecular weight is 261 g/mol. The lowest BCUT2D eigenvalue weighted by molar-refractivity contribution is 0.0696. The Balaban J connectivity index is 2.98. The summed E-state index contributed by atoms with van der Waals surface area (Å²) < 4.78 is 0.847. The maximum Gasteiger partial charge on any atom is 0.335 e. The van der Waals surface area contributed by atoms with Gasteiger partial charge < -0.3 is 5.11 Å². The van der Waals surface area contributed by atoms with Crippen molar-refractivity contribution in [3.63, 3.8) is 0 Å². The van der Waals surface area contributed by atoms with Crippen molar-refractivity contribution in [2.75, 3.05) is 5.75 Å². The standard InChI is InChI=1S/C9H9BrO2S/c1-2-13-8-4-3-6(9(11)12)5-7(8)10/h3-5H,2H2,1H3,(H,11,12). The van der Waals surface area contributed by atoms with E-state index < -0.39 is 5.97 Å². The smallest absolute Gasteiger partial charge is 0.335 e. The molecule has 0 atom stereocenters. The molecule has 0 aromatic heterocycles. The van der Waals surface area contributed by atoms with E-state index in [2.05, 4.69) is 22.9 Å². The van der Waals surface area contributed by atoms with Gasteiger partial charge in [0.2, 0.25) is 0 Å². The van der Waals surface area contributed by atoms with Crippen molar-refractivity contribution in [2.24, 2.45) is 0 Å². The van der Waals surface area contributed by atoms with Crippen LogP contribution in [0.5, 0.6) is 0 Å². The highest BCUT2D eigenvalue weighted by Crippen LogP contribution is 2.28. The molecule has 13 heavy (non-hydrogen) atoms. The molecule has 0 saturated heterocycles. The second kappa shape index (κ2) is 4.67. The maximum absolute atomic E-state index is 10.6. The van der Waals surface area contributed by atoms with Gasteiger partial charge in [-0.15, -0.1) is 11.8 Å². The number of carboxylic acid groups (broad SMARTS) is 1. The number of halogens is 1. The van der Waals surface area contributed by atoms with Crippen LogP contribution < -0.4 is 0 Å². The van der Waals surface area contributed by atoms with E-state index in [1.165, 1.54) is 0 Å². The van der Waals surface area contributed by atoms with Crippen LogP contribution in [0.3, 0.4) is 0 Å². The Labute approximate surface area is 89.5 Å². The number of aromatic carboxylic acids is 1. The summed E-state index contributed by atoms with van der Waals surface area (Å²) >= 11 is 5.01. The minimum Gasteiger partial charge on any atom is -0.478 e. The molecule has 4 heteroatoms. The third-order valence-electron chi connectivity index (χ3n) is 1.48. The fourth-order valence-corrected chi connectivity index (χ4v) is 2.30. The summed E-state index contributed by atoms with van der Waals surface area (Å²) in [6.07, 6.45) is 0. The van der Waals surface area contributed by atoms with E-state index in [1.54, 1.807) is 23.9 Å². The molecule has 0 spiro atoms. The monoisotopic (exact) mass is 260 g/mol. The molecule has 0 radical (unpaired) electrons. The number of benzene rings is 1. The van der Waals surface area contributed by atoms with Gasteiger partial charge in [-0.25, -0.2) is 4.79 Å². The molecule has 0 heterocycles. The highest BCUT2D eigenvalue weighted by Gasteiger charge is 2.05. The van der Waals surface area contributed by atoms with E-state index in [1.807, 2.05) is 6.07 Å². The Morgan fingerprint density at radius 1 is 1.62 bits per heavy atom. The van der Waals surface area contributed by atoms with Gasteiger partial charge in [-0.3, -0.25) is 0 Å². The number of rotatable bonds is 3. The van der Waals surface area contributed by atoms with Crippen LogP contribution in [-0.4, -0.2) is 16.8 Å². The van der Waals surface area contributed by atoms with Gasteiger partial charge in [0.25, 0.3) is 0 Å². The first kappa shape index (κ1) is 10.6. The molecule has 1 aromatic rings. The number of thioether (sulfide) groups is 1. The molecule has 2 nitrogen and oxygen atoms in total. The van der Waals surface area contributed by atoms with E-state index in [9.17, 15) is 4.79 Å². The first-order chi connectivity index (χ1) is 6.15. The molecule has 0 unspecified atom stereocenters. The van der Waals surface area contributed by atoms with Gasteiger partial charge in [0.15, 0.2) is 0 Å². The molecule has 0 aliphatic carbocycles. The molecule has 1 rings (SSSR count). The Morgan fingerprint density at radius 2 is 2.31 bits per heavy atom. The van der Waals surface area contributed by atoms with Crippen molar-refractivity contribution in [2.45, 2.75) is 11.8 Å². The molecular weight excluding hydrogens is 252 g/mol. The van der Waals surface area contributed by atoms with Crippen LogP contribution in [0.15, 0.2) is 27.6 Å².